The van der Waals surface area contributed by atoms with Crippen molar-refractivity contribution in [1.82, 2.24) is 0 Å². The molecule has 0 aromatic heterocycles. The molecule has 0 aliphatic carbocycles. The van der Waals surface area contributed by atoms with Crippen LogP contribution in [0.2, 0.25) is 0 Å². The number of hydrogen-bond donors (Lipinski definition) is 0. The lowest BCUT2D eigenvalue weighted by Gasteiger charge is -2.17. The highest BCUT2D eigenvalue weighted by atomic mass is 16.7. The van der Waals surface area contributed by atoms with E-state index in [0.717, 1.165) is 0 Å². The molecule has 0 bridgehead atoms. The molecule has 0 fully saturated rings. The van der Waals surface area contributed by atoms with E-state index in [0.29, 0.717) is 12.4 Å². The molecule has 74 valence electrons. The normalized spacial score (nSPS) is 19.4. The summed E-state index contributed by atoms with van der Waals surface area (Å²) < 4.78 is 15.3. The maximum Gasteiger partial charge on any atom is 0.377 e. The Morgan fingerprint density at radius 3 is 2.46 bits per heavy atom. The number of allylic oxidation sites excluding steroid dienone is 1. The molecule has 0 aromatic carbocycles. The number of esters is 1. The molecule has 4 heteroatoms. The first-order valence-corrected chi connectivity index (χ1v) is 4.22. The Bertz CT molecular complexity index is 252. The minimum atomic E-state index is -0.758. The first kappa shape index (κ1) is 9.89. The Hall–Kier alpha value is -1.19. The van der Waals surface area contributed by atoms with E-state index in [4.69, 9.17) is 14.2 Å². The number of carbonyl (C=O) groups excluding carboxylic acids is 1. The van der Waals surface area contributed by atoms with Crippen LogP contribution in [0.25, 0.3) is 0 Å². The van der Waals surface area contributed by atoms with Gasteiger partial charge in [-0.1, -0.05) is 0 Å². The monoisotopic (exact) mass is 186 g/mol. The molecule has 1 rings (SSSR count). The summed E-state index contributed by atoms with van der Waals surface area (Å²) >= 11 is 0. The molecule has 0 saturated heterocycles. The fourth-order valence-electron chi connectivity index (χ4n) is 1.14. The Balaban J connectivity index is 2.71. The zero-order valence-electron chi connectivity index (χ0n) is 8.34. The van der Waals surface area contributed by atoms with Crippen LogP contribution < -0.4 is 0 Å². The molecule has 0 saturated carbocycles. The van der Waals surface area contributed by atoms with Crippen LogP contribution in [0, 0.1) is 0 Å². The molecule has 0 N–H and O–H groups in total. The maximum absolute atomic E-state index is 11.3. The second-order valence-corrected chi connectivity index (χ2v) is 3.21. The van der Waals surface area contributed by atoms with Crippen LogP contribution >= 0.6 is 0 Å². The van der Waals surface area contributed by atoms with Gasteiger partial charge < -0.3 is 14.2 Å². The standard InChI is InChI=1S/C9H14O4/c1-5-11-8(10)7-6(2)12-9(3,4)13-7/h5H2,1-4H3. The summed E-state index contributed by atoms with van der Waals surface area (Å²) in [5.74, 6) is -0.576. The first-order chi connectivity index (χ1) is 5.96. The second kappa shape index (κ2) is 3.28. The van der Waals surface area contributed by atoms with Gasteiger partial charge in [-0.2, -0.15) is 0 Å². The fraction of sp³-hybridized carbons (Fsp3) is 0.667. The molecule has 1 aliphatic heterocycles. The Morgan fingerprint density at radius 2 is 2.08 bits per heavy atom. The van der Waals surface area contributed by atoms with Gasteiger partial charge in [-0.25, -0.2) is 4.79 Å². The number of hydrogen-bond acceptors (Lipinski definition) is 4. The molecule has 4 nitrogen and oxygen atoms in total. The van der Waals surface area contributed by atoms with E-state index in [1.54, 1.807) is 27.7 Å². The molecule has 0 radical (unpaired) electrons. The zero-order chi connectivity index (χ0) is 10.1. The molecule has 13 heavy (non-hydrogen) atoms. The third-order valence-electron chi connectivity index (χ3n) is 1.53. The van der Waals surface area contributed by atoms with Crippen LogP contribution in [0.3, 0.4) is 0 Å². The molecule has 0 atom stereocenters. The van der Waals surface area contributed by atoms with Gasteiger partial charge in [0.2, 0.25) is 11.5 Å². The third-order valence-corrected chi connectivity index (χ3v) is 1.53. The number of carbonyl (C=O) groups is 1. The summed E-state index contributed by atoms with van der Waals surface area (Å²) in [4.78, 5) is 11.3. The summed E-state index contributed by atoms with van der Waals surface area (Å²) in [6.07, 6.45) is 0. The molecule has 0 aromatic rings. The summed E-state index contributed by atoms with van der Waals surface area (Å²) in [6.45, 7) is 7.24. The predicted molar refractivity (Wildman–Crippen MR) is 45.6 cm³/mol. The van der Waals surface area contributed by atoms with Crippen molar-refractivity contribution >= 4 is 5.97 Å². The molecule has 1 aliphatic rings. The van der Waals surface area contributed by atoms with E-state index in [1.165, 1.54) is 0 Å². The largest absolute Gasteiger partial charge is 0.460 e. The smallest absolute Gasteiger partial charge is 0.377 e. The van der Waals surface area contributed by atoms with Crippen LogP contribution in [0.4, 0.5) is 0 Å². The van der Waals surface area contributed by atoms with Crippen molar-refractivity contribution in [2.45, 2.75) is 33.5 Å². The highest BCUT2D eigenvalue weighted by Crippen LogP contribution is 2.30. The van der Waals surface area contributed by atoms with E-state index in [2.05, 4.69) is 0 Å². The third kappa shape index (κ3) is 2.14. The van der Waals surface area contributed by atoms with Crippen molar-refractivity contribution in [3.63, 3.8) is 0 Å². The van der Waals surface area contributed by atoms with Crippen LogP contribution in [-0.2, 0) is 19.0 Å². The van der Waals surface area contributed by atoms with Crippen molar-refractivity contribution < 1.29 is 19.0 Å². The highest BCUT2D eigenvalue weighted by Gasteiger charge is 2.36. The van der Waals surface area contributed by atoms with Crippen molar-refractivity contribution in [2.24, 2.45) is 0 Å². The van der Waals surface area contributed by atoms with Crippen LogP contribution in [0.1, 0.15) is 27.7 Å². The van der Waals surface area contributed by atoms with Crippen molar-refractivity contribution in [3.05, 3.63) is 11.5 Å². The van der Waals surface area contributed by atoms with Crippen LogP contribution in [0.5, 0.6) is 0 Å². The van der Waals surface area contributed by atoms with Gasteiger partial charge in [-0.3, -0.25) is 0 Å². The minimum Gasteiger partial charge on any atom is -0.460 e. The summed E-state index contributed by atoms with van der Waals surface area (Å²) in [7, 11) is 0. The lowest BCUT2D eigenvalue weighted by molar-refractivity contribution is -0.154. The lowest BCUT2D eigenvalue weighted by Crippen LogP contribution is -2.22. The van der Waals surface area contributed by atoms with E-state index in [9.17, 15) is 4.79 Å². The quantitative estimate of drug-likeness (QED) is 0.614. The van der Waals surface area contributed by atoms with E-state index < -0.39 is 11.8 Å². The lowest BCUT2D eigenvalue weighted by atomic mass is 10.4. The van der Waals surface area contributed by atoms with Crippen LogP contribution in [0.15, 0.2) is 11.5 Å². The van der Waals surface area contributed by atoms with Gasteiger partial charge >= 0.3 is 5.97 Å². The molecule has 0 unspecified atom stereocenters. The summed E-state index contributed by atoms with van der Waals surface area (Å²) in [5.41, 5.74) is 0. The van der Waals surface area contributed by atoms with Crippen molar-refractivity contribution in [3.8, 4) is 0 Å². The summed E-state index contributed by atoms with van der Waals surface area (Å²) in [5, 5.41) is 0. The van der Waals surface area contributed by atoms with Gasteiger partial charge in [-0.05, 0) is 13.8 Å². The topological polar surface area (TPSA) is 44.8 Å². The Labute approximate surface area is 77.5 Å². The van der Waals surface area contributed by atoms with Crippen molar-refractivity contribution in [2.75, 3.05) is 6.61 Å². The van der Waals surface area contributed by atoms with Crippen LogP contribution in [-0.4, -0.2) is 18.4 Å². The van der Waals surface area contributed by atoms with Gasteiger partial charge in [-0.15, -0.1) is 0 Å². The molecular weight excluding hydrogens is 172 g/mol. The zero-order valence-corrected chi connectivity index (χ0v) is 8.34. The van der Waals surface area contributed by atoms with Gasteiger partial charge in [0.15, 0.2) is 0 Å². The van der Waals surface area contributed by atoms with E-state index >= 15 is 0 Å². The van der Waals surface area contributed by atoms with Crippen molar-refractivity contribution in [1.29, 1.82) is 0 Å². The van der Waals surface area contributed by atoms with Gasteiger partial charge in [0.1, 0.15) is 5.76 Å². The minimum absolute atomic E-state index is 0.173. The van der Waals surface area contributed by atoms with E-state index in [-0.39, 0.29) is 5.76 Å². The van der Waals surface area contributed by atoms with Gasteiger partial charge in [0, 0.05) is 13.8 Å². The SMILES string of the molecule is CCOC(=O)C1=C(C)OC(C)(C)O1. The van der Waals surface area contributed by atoms with E-state index in [1.807, 2.05) is 0 Å². The predicted octanol–water partition coefficient (Wildman–Crippen LogP) is 1.56. The average Bonchev–Trinajstić information content (AvgIpc) is 2.25. The molecule has 1 heterocycles. The highest BCUT2D eigenvalue weighted by molar-refractivity contribution is 5.87. The van der Waals surface area contributed by atoms with Gasteiger partial charge in [0.05, 0.1) is 6.61 Å². The van der Waals surface area contributed by atoms with Gasteiger partial charge in [0.25, 0.3) is 0 Å². The molecular formula is C9H14O4. The second-order valence-electron chi connectivity index (χ2n) is 3.21. The molecule has 0 spiro atoms. The Morgan fingerprint density at radius 1 is 1.46 bits per heavy atom. The maximum atomic E-state index is 11.3. The fourth-order valence-corrected chi connectivity index (χ4v) is 1.14. The Kier molecular flexibility index (Phi) is 2.50. The average molecular weight is 186 g/mol. The first-order valence-electron chi connectivity index (χ1n) is 4.22. The number of rotatable bonds is 2. The molecule has 0 amide bonds. The number of ether oxygens (including phenoxy) is 3. The summed E-state index contributed by atoms with van der Waals surface area (Å²) in [6, 6.07) is 0.